The van der Waals surface area contributed by atoms with Crippen molar-refractivity contribution in [1.29, 1.82) is 0 Å². The van der Waals surface area contributed by atoms with Gasteiger partial charge in [-0.3, -0.25) is 4.90 Å². The lowest BCUT2D eigenvalue weighted by molar-refractivity contribution is -0.0995. The maximum absolute atomic E-state index is 6.41. The second-order valence-electron chi connectivity index (χ2n) is 7.80. The highest BCUT2D eigenvalue weighted by Crippen LogP contribution is 2.37. The van der Waals surface area contributed by atoms with Crippen LogP contribution >= 0.6 is 0 Å². The number of pyridine rings is 1. The number of nitrogens with zero attached hydrogens (tertiary/aromatic N) is 2. The number of methoxy groups -OCH3 is 1. The van der Waals surface area contributed by atoms with Crippen LogP contribution in [0.1, 0.15) is 44.7 Å². The van der Waals surface area contributed by atoms with Gasteiger partial charge in [0.1, 0.15) is 11.3 Å². The second-order valence-corrected chi connectivity index (χ2v) is 7.80. The minimum absolute atomic E-state index is 0.379. The predicted molar refractivity (Wildman–Crippen MR) is 104 cm³/mol. The number of unbranched alkanes of at least 4 members (excludes halogenated alkanes) is 1. The van der Waals surface area contributed by atoms with Crippen molar-refractivity contribution in [3.63, 3.8) is 0 Å². The number of hydrogen-bond acceptors (Lipinski definition) is 4. The van der Waals surface area contributed by atoms with E-state index in [0.29, 0.717) is 12.2 Å². The Bertz CT molecular complexity index is 744. The summed E-state index contributed by atoms with van der Waals surface area (Å²) in [6.07, 6.45) is 7.13. The summed E-state index contributed by atoms with van der Waals surface area (Å²) in [7, 11) is 1.71. The maximum Gasteiger partial charge on any atom is 0.145 e. The first-order valence-electron chi connectivity index (χ1n) is 10.1. The van der Waals surface area contributed by atoms with Gasteiger partial charge in [0.2, 0.25) is 0 Å². The fourth-order valence-corrected chi connectivity index (χ4v) is 4.04. The van der Waals surface area contributed by atoms with Gasteiger partial charge in [0.05, 0.1) is 25.0 Å². The summed E-state index contributed by atoms with van der Waals surface area (Å²) < 4.78 is 11.9. The van der Waals surface area contributed by atoms with E-state index >= 15 is 0 Å². The number of hydrogen-bond donors (Lipinski definition) is 0. The molecule has 4 nitrogen and oxygen atoms in total. The fourth-order valence-electron chi connectivity index (χ4n) is 4.04. The number of aromatic nitrogens is 1. The van der Waals surface area contributed by atoms with Crippen LogP contribution in [0.2, 0.25) is 0 Å². The number of rotatable bonds is 7. The molecule has 0 N–H and O–H groups in total. The van der Waals surface area contributed by atoms with Gasteiger partial charge in [-0.1, -0.05) is 38.0 Å². The highest BCUT2D eigenvalue weighted by molar-refractivity contribution is 5.84. The van der Waals surface area contributed by atoms with Crippen molar-refractivity contribution >= 4 is 10.9 Å². The molecule has 1 aliphatic heterocycles. The van der Waals surface area contributed by atoms with Crippen molar-refractivity contribution in [3.05, 3.63) is 36.0 Å². The molecular weight excluding hydrogens is 324 g/mol. The van der Waals surface area contributed by atoms with Gasteiger partial charge in [0, 0.05) is 25.0 Å². The normalized spacial score (nSPS) is 24.1. The zero-order valence-corrected chi connectivity index (χ0v) is 16.0. The van der Waals surface area contributed by atoms with Crippen LogP contribution in [0.25, 0.3) is 10.9 Å². The second kappa shape index (κ2) is 7.93. The molecule has 2 aromatic rings. The summed E-state index contributed by atoms with van der Waals surface area (Å²) in [5.41, 5.74) is 2.08. The molecule has 0 spiro atoms. The number of ether oxygens (including phenoxy) is 2. The molecule has 0 radical (unpaired) electrons. The van der Waals surface area contributed by atoms with Crippen molar-refractivity contribution in [1.82, 2.24) is 9.88 Å². The number of benzene rings is 1. The van der Waals surface area contributed by atoms with Gasteiger partial charge in [-0.2, -0.15) is 0 Å². The van der Waals surface area contributed by atoms with E-state index in [-0.39, 0.29) is 0 Å². The zero-order valence-electron chi connectivity index (χ0n) is 16.0. The lowest BCUT2D eigenvalue weighted by Gasteiger charge is -2.38. The van der Waals surface area contributed by atoms with E-state index < -0.39 is 0 Å². The van der Waals surface area contributed by atoms with Crippen molar-refractivity contribution < 1.29 is 9.47 Å². The van der Waals surface area contributed by atoms with E-state index in [9.17, 15) is 0 Å². The van der Waals surface area contributed by atoms with Gasteiger partial charge >= 0.3 is 0 Å². The molecule has 2 heterocycles. The standard InChI is InChI=1S/C22H30N2O2/c1-3-4-7-19-14-24(15-21(26-19)16-9-10-16)13-18-12-11-17-6-5-8-20(25-2)22(17)23-18/h5-6,8,11-12,16,19,21H,3-4,7,9-10,13-15H2,1-2H3/t19-,21-/m1/s1. The van der Waals surface area contributed by atoms with Crippen molar-refractivity contribution in [2.24, 2.45) is 5.92 Å². The third-order valence-electron chi connectivity index (χ3n) is 5.64. The fraction of sp³-hybridized carbons (Fsp3) is 0.591. The summed E-state index contributed by atoms with van der Waals surface area (Å²) in [4.78, 5) is 7.46. The zero-order chi connectivity index (χ0) is 17.9. The number of morpholine rings is 1. The lowest BCUT2D eigenvalue weighted by Crippen LogP contribution is -2.48. The molecule has 26 heavy (non-hydrogen) atoms. The van der Waals surface area contributed by atoms with Gasteiger partial charge in [0.15, 0.2) is 0 Å². The third-order valence-corrected chi connectivity index (χ3v) is 5.64. The molecule has 4 rings (SSSR count). The van der Waals surface area contributed by atoms with Crippen LogP contribution in [-0.4, -0.2) is 42.3 Å². The molecule has 1 aromatic heterocycles. The SMILES string of the molecule is CCCC[C@@H]1CN(Cc2ccc3cccc(OC)c3n2)C[C@H](C2CC2)O1. The van der Waals surface area contributed by atoms with Crippen molar-refractivity contribution in [3.8, 4) is 5.75 Å². The third kappa shape index (κ3) is 4.02. The van der Waals surface area contributed by atoms with E-state index in [0.717, 1.165) is 47.9 Å². The van der Waals surface area contributed by atoms with Gasteiger partial charge in [0.25, 0.3) is 0 Å². The number of para-hydroxylation sites is 1. The molecule has 1 saturated carbocycles. The molecule has 0 amide bonds. The minimum Gasteiger partial charge on any atom is -0.494 e. The Balaban J connectivity index is 1.50. The molecule has 2 aliphatic rings. The van der Waals surface area contributed by atoms with Gasteiger partial charge in [-0.05, 0) is 37.3 Å². The van der Waals surface area contributed by atoms with Gasteiger partial charge < -0.3 is 9.47 Å². The average molecular weight is 354 g/mol. The van der Waals surface area contributed by atoms with E-state index in [1.54, 1.807) is 7.11 Å². The molecule has 2 atom stereocenters. The highest BCUT2D eigenvalue weighted by Gasteiger charge is 2.38. The molecule has 0 bridgehead atoms. The van der Waals surface area contributed by atoms with Crippen molar-refractivity contribution in [2.75, 3.05) is 20.2 Å². The van der Waals surface area contributed by atoms with Crippen LogP contribution in [0.3, 0.4) is 0 Å². The largest absolute Gasteiger partial charge is 0.494 e. The van der Waals surface area contributed by atoms with E-state index in [4.69, 9.17) is 14.5 Å². The van der Waals surface area contributed by atoms with Crippen LogP contribution in [0.15, 0.2) is 30.3 Å². The summed E-state index contributed by atoms with van der Waals surface area (Å²) in [6.45, 7) is 5.21. The number of fused-ring (bicyclic) bond motifs is 1. The summed E-state index contributed by atoms with van der Waals surface area (Å²) in [5.74, 6) is 1.63. The summed E-state index contributed by atoms with van der Waals surface area (Å²) in [6, 6.07) is 10.4. The first-order chi connectivity index (χ1) is 12.8. The Hall–Kier alpha value is -1.65. The predicted octanol–water partition coefficient (Wildman–Crippen LogP) is 4.41. The van der Waals surface area contributed by atoms with Crippen LogP contribution in [0, 0.1) is 5.92 Å². The molecule has 0 unspecified atom stereocenters. The Labute approximate surface area is 156 Å². The maximum atomic E-state index is 6.41. The van der Waals surface area contributed by atoms with Crippen LogP contribution in [0.5, 0.6) is 5.75 Å². The molecule has 4 heteroatoms. The Morgan fingerprint density at radius 1 is 1.19 bits per heavy atom. The average Bonchev–Trinajstić information content (AvgIpc) is 3.51. The van der Waals surface area contributed by atoms with Crippen LogP contribution < -0.4 is 4.74 Å². The monoisotopic (exact) mass is 354 g/mol. The quantitative estimate of drug-likeness (QED) is 0.737. The molecule has 2 fully saturated rings. The van der Waals surface area contributed by atoms with E-state index in [1.807, 2.05) is 12.1 Å². The Kier molecular flexibility index (Phi) is 5.41. The Morgan fingerprint density at radius 3 is 2.85 bits per heavy atom. The Morgan fingerprint density at radius 2 is 2.08 bits per heavy atom. The lowest BCUT2D eigenvalue weighted by atomic mass is 10.1. The highest BCUT2D eigenvalue weighted by atomic mass is 16.5. The molecule has 1 aromatic carbocycles. The molecular formula is C22H30N2O2. The summed E-state index contributed by atoms with van der Waals surface area (Å²) in [5, 5.41) is 1.13. The van der Waals surface area contributed by atoms with E-state index in [1.165, 1.54) is 32.1 Å². The minimum atomic E-state index is 0.379. The van der Waals surface area contributed by atoms with Crippen molar-refractivity contribution in [2.45, 2.75) is 57.8 Å². The van der Waals surface area contributed by atoms with E-state index in [2.05, 4.69) is 30.0 Å². The first kappa shape index (κ1) is 17.7. The van der Waals surface area contributed by atoms with Crippen LogP contribution in [0.4, 0.5) is 0 Å². The van der Waals surface area contributed by atoms with Gasteiger partial charge in [-0.15, -0.1) is 0 Å². The van der Waals surface area contributed by atoms with Gasteiger partial charge in [-0.25, -0.2) is 4.98 Å². The van der Waals surface area contributed by atoms with Crippen LogP contribution in [-0.2, 0) is 11.3 Å². The smallest absolute Gasteiger partial charge is 0.145 e. The molecule has 140 valence electrons. The topological polar surface area (TPSA) is 34.6 Å². The molecule has 1 saturated heterocycles. The summed E-state index contributed by atoms with van der Waals surface area (Å²) >= 11 is 0. The first-order valence-corrected chi connectivity index (χ1v) is 10.1. The molecule has 1 aliphatic carbocycles.